The van der Waals surface area contributed by atoms with Crippen LogP contribution in [0.1, 0.15) is 11.1 Å². The van der Waals surface area contributed by atoms with Crippen LogP contribution in [-0.2, 0) is 17.4 Å². The minimum Gasteiger partial charge on any atom is -0.748 e. The Labute approximate surface area is 91.1 Å². The molecule has 0 spiro atoms. The second-order valence-corrected chi connectivity index (χ2v) is 2.92. The van der Waals surface area contributed by atoms with Crippen LogP contribution in [0.5, 0.6) is 0 Å². The summed E-state index contributed by atoms with van der Waals surface area (Å²) in [6.45, 7) is 4.17. The third-order valence-corrected chi connectivity index (χ3v) is 1.66. The zero-order chi connectivity index (χ0) is 8.81. The van der Waals surface area contributed by atoms with Crippen LogP contribution >= 0.6 is 0 Å². The summed E-state index contributed by atoms with van der Waals surface area (Å²) in [5.74, 6) is 0. The molecule has 0 unspecified atom stereocenters. The molecule has 0 fully saturated rings. The normalized spacial score (nSPS) is 8.15. The Morgan fingerprint density at radius 1 is 0.923 bits per heavy atom. The molecular weight excluding hydrogens is 196 g/mol. The van der Waals surface area contributed by atoms with Crippen molar-refractivity contribution in [1.82, 2.24) is 0 Å². The van der Waals surface area contributed by atoms with E-state index in [1.54, 1.807) is 0 Å². The van der Waals surface area contributed by atoms with Crippen molar-refractivity contribution < 1.29 is 17.4 Å². The average Bonchev–Trinajstić information content (AvgIpc) is 2.63. The first-order chi connectivity index (χ1) is 5.79. The fraction of sp³-hybridized carbons (Fsp3) is 0.167. The van der Waals surface area contributed by atoms with Gasteiger partial charge in [0.1, 0.15) is 0 Å². The predicted octanol–water partition coefficient (Wildman–Crippen LogP) is 3.43. The van der Waals surface area contributed by atoms with E-state index in [9.17, 15) is 0 Å². The van der Waals surface area contributed by atoms with Crippen LogP contribution in [0.25, 0.3) is 0 Å². The summed E-state index contributed by atoms with van der Waals surface area (Å²) in [5.41, 5.74) is 2.69. The van der Waals surface area contributed by atoms with Crippen molar-refractivity contribution in [3.05, 3.63) is 59.7 Å². The van der Waals surface area contributed by atoms with Crippen molar-refractivity contribution in [2.45, 2.75) is 13.8 Å². The molecule has 2 aromatic rings. The van der Waals surface area contributed by atoms with Gasteiger partial charge in [0.05, 0.1) is 0 Å². The molecular formula is C12H14Cr-6. The number of rotatable bonds is 0. The number of hydrogen-bond acceptors (Lipinski definition) is 0. The summed E-state index contributed by atoms with van der Waals surface area (Å²) in [7, 11) is 0. The Morgan fingerprint density at radius 2 is 1.38 bits per heavy atom. The molecule has 2 aromatic carbocycles. The van der Waals surface area contributed by atoms with Crippen molar-refractivity contribution in [2.75, 3.05) is 0 Å². The van der Waals surface area contributed by atoms with E-state index in [-0.39, 0.29) is 17.4 Å². The molecule has 0 saturated carbocycles. The van der Waals surface area contributed by atoms with Crippen molar-refractivity contribution in [3.63, 3.8) is 0 Å². The summed E-state index contributed by atoms with van der Waals surface area (Å²) in [6, 6.07) is 16.5. The molecule has 13 heavy (non-hydrogen) atoms. The smallest absolute Gasteiger partial charge is 0 e. The molecule has 1 heteroatoms. The maximum atomic E-state index is 2.08. The molecule has 0 aromatic heterocycles. The van der Waals surface area contributed by atoms with Gasteiger partial charge in [-0.3, -0.25) is 0 Å². The van der Waals surface area contributed by atoms with Crippen LogP contribution in [0.15, 0.2) is 48.5 Å². The third kappa shape index (κ3) is 5.47. The first-order valence-corrected chi connectivity index (χ1v) is 4.15. The maximum absolute atomic E-state index is 2.08. The molecule has 0 radical (unpaired) electrons. The van der Waals surface area contributed by atoms with Crippen LogP contribution < -0.4 is 0 Å². The van der Waals surface area contributed by atoms with Gasteiger partial charge in [0.2, 0.25) is 0 Å². The van der Waals surface area contributed by atoms with Gasteiger partial charge in [0.25, 0.3) is 0 Å². The van der Waals surface area contributed by atoms with Gasteiger partial charge < -0.3 is 29.8 Å². The van der Waals surface area contributed by atoms with Crippen molar-refractivity contribution in [1.29, 1.82) is 0 Å². The minimum absolute atomic E-state index is 0. The van der Waals surface area contributed by atoms with E-state index in [1.807, 2.05) is 24.3 Å². The van der Waals surface area contributed by atoms with Gasteiger partial charge in [-0.25, -0.2) is 19.1 Å². The Hall–Kier alpha value is -0.768. The first-order valence-electron chi connectivity index (χ1n) is 4.15. The quantitative estimate of drug-likeness (QED) is 0.584. The monoisotopic (exact) mass is 210 g/mol. The van der Waals surface area contributed by atoms with Crippen molar-refractivity contribution >= 4 is 0 Å². The minimum atomic E-state index is 0. The van der Waals surface area contributed by atoms with E-state index < -0.39 is 0 Å². The Kier molecular flexibility index (Phi) is 6.32. The first kappa shape index (κ1) is 12.2. The van der Waals surface area contributed by atoms with Gasteiger partial charge in [0.15, 0.2) is 0 Å². The summed E-state index contributed by atoms with van der Waals surface area (Å²) in [4.78, 5) is 0. The van der Waals surface area contributed by atoms with E-state index >= 15 is 0 Å². The molecule has 0 nitrogen and oxygen atoms in total. The summed E-state index contributed by atoms with van der Waals surface area (Å²) >= 11 is 0. The average molecular weight is 210 g/mol. The van der Waals surface area contributed by atoms with Gasteiger partial charge in [-0.2, -0.15) is 17.7 Å². The fourth-order valence-corrected chi connectivity index (χ4v) is 0.940. The Bertz CT molecular complexity index is 245. The number of hydrogen-bond donors (Lipinski definition) is 0. The molecule has 0 bridgehead atoms. The molecule has 0 heterocycles. The predicted molar refractivity (Wildman–Crippen MR) is 53.5 cm³/mol. The molecule has 2 rings (SSSR count). The van der Waals surface area contributed by atoms with Crippen molar-refractivity contribution in [3.8, 4) is 0 Å². The molecule has 0 atom stereocenters. The van der Waals surface area contributed by atoms with Crippen LogP contribution in [0.2, 0.25) is 0 Å². The third-order valence-electron chi connectivity index (χ3n) is 1.66. The fourth-order valence-electron chi connectivity index (χ4n) is 0.940. The largest absolute Gasteiger partial charge is 0.748 e. The molecule has 74 valence electrons. The molecule has 0 N–H and O–H groups in total. The van der Waals surface area contributed by atoms with Crippen LogP contribution in [0, 0.1) is 13.8 Å². The van der Waals surface area contributed by atoms with Gasteiger partial charge >= 0.3 is 0 Å². The molecule has 0 amide bonds. The standard InChI is InChI=1S/2C6H7.Cr/c2*1-6-4-2-3-5-6;/h2*2-5H,1H3;/q-5;-1;. The summed E-state index contributed by atoms with van der Waals surface area (Å²) < 4.78 is 0. The van der Waals surface area contributed by atoms with Gasteiger partial charge in [-0.15, -0.1) is 0 Å². The second-order valence-electron chi connectivity index (χ2n) is 2.92. The van der Waals surface area contributed by atoms with Gasteiger partial charge in [-0.05, 0) is 0 Å². The van der Waals surface area contributed by atoms with E-state index in [0.29, 0.717) is 0 Å². The van der Waals surface area contributed by atoms with E-state index in [0.717, 1.165) is 0 Å². The Balaban J connectivity index is 0.000000206. The molecule has 0 aliphatic carbocycles. The SMILES string of the molecule is C[c-]1[cH-][cH-][cH-][cH-]1.C[c-]1cccc1.[Cr]. The van der Waals surface area contributed by atoms with Gasteiger partial charge in [0, 0.05) is 17.4 Å². The number of aryl methyl sites for hydroxylation is 2. The Morgan fingerprint density at radius 3 is 1.54 bits per heavy atom. The maximum Gasteiger partial charge on any atom is 0 e. The molecule has 0 aliphatic heterocycles. The van der Waals surface area contributed by atoms with E-state index in [4.69, 9.17) is 0 Å². The topological polar surface area (TPSA) is 0 Å². The zero-order valence-electron chi connectivity index (χ0n) is 8.03. The van der Waals surface area contributed by atoms with Gasteiger partial charge in [-0.1, -0.05) is 6.92 Å². The van der Waals surface area contributed by atoms with Crippen LogP contribution in [-0.4, -0.2) is 0 Å². The summed E-state index contributed by atoms with van der Waals surface area (Å²) in [6.07, 6.45) is 0. The summed E-state index contributed by atoms with van der Waals surface area (Å²) in [5, 5.41) is 0. The van der Waals surface area contributed by atoms with Crippen molar-refractivity contribution in [2.24, 2.45) is 0 Å². The van der Waals surface area contributed by atoms with E-state index in [2.05, 4.69) is 38.1 Å². The van der Waals surface area contributed by atoms with E-state index in [1.165, 1.54) is 11.1 Å². The van der Waals surface area contributed by atoms with Crippen LogP contribution in [0.3, 0.4) is 0 Å². The zero-order valence-corrected chi connectivity index (χ0v) is 9.30. The molecule has 0 aliphatic rings. The van der Waals surface area contributed by atoms with Crippen LogP contribution in [0.4, 0.5) is 0 Å². The molecule has 0 saturated heterocycles. The second kappa shape index (κ2) is 6.72.